The Balaban J connectivity index is 2.69. The summed E-state index contributed by atoms with van der Waals surface area (Å²) >= 11 is 0. The van der Waals surface area contributed by atoms with E-state index in [4.69, 9.17) is 0 Å². The largest absolute Gasteiger partial charge is 0.354 e. The molecule has 0 aromatic carbocycles. The van der Waals surface area contributed by atoms with Crippen molar-refractivity contribution in [3.8, 4) is 0 Å². The topological polar surface area (TPSA) is 61.4 Å². The maximum Gasteiger partial charge on any atom is 0.242 e. The zero-order chi connectivity index (χ0) is 15.1. The fraction of sp³-hybridized carbons (Fsp3) is 0.867. The number of amides is 2. The molecule has 1 aliphatic rings. The van der Waals surface area contributed by atoms with Crippen molar-refractivity contribution in [3.63, 3.8) is 0 Å². The maximum atomic E-state index is 12.4. The van der Waals surface area contributed by atoms with Gasteiger partial charge in [0.25, 0.3) is 0 Å². The van der Waals surface area contributed by atoms with Crippen LogP contribution in [0.25, 0.3) is 0 Å². The number of hydrogen-bond acceptors (Lipinski definition) is 3. The van der Waals surface area contributed by atoms with E-state index in [1.54, 1.807) is 11.9 Å². The molecule has 0 bridgehead atoms. The van der Waals surface area contributed by atoms with E-state index in [0.29, 0.717) is 18.9 Å². The van der Waals surface area contributed by atoms with Crippen molar-refractivity contribution in [3.05, 3.63) is 0 Å². The third kappa shape index (κ3) is 4.78. The van der Waals surface area contributed by atoms with Crippen LogP contribution in [-0.4, -0.2) is 48.9 Å². The van der Waals surface area contributed by atoms with Crippen LogP contribution in [-0.2, 0) is 9.59 Å². The normalized spacial score (nSPS) is 19.9. The Morgan fingerprint density at radius 2 is 2.10 bits per heavy atom. The average molecular weight is 283 g/mol. The number of hydrogen-bond donors (Lipinski definition) is 2. The van der Waals surface area contributed by atoms with Crippen LogP contribution >= 0.6 is 0 Å². The molecule has 116 valence electrons. The van der Waals surface area contributed by atoms with E-state index in [9.17, 15) is 9.59 Å². The van der Waals surface area contributed by atoms with Gasteiger partial charge in [-0.2, -0.15) is 0 Å². The lowest BCUT2D eigenvalue weighted by atomic mass is 10.0. The zero-order valence-electron chi connectivity index (χ0n) is 13.2. The van der Waals surface area contributed by atoms with Gasteiger partial charge in [0.15, 0.2) is 0 Å². The van der Waals surface area contributed by atoms with Crippen LogP contribution in [0.2, 0.25) is 0 Å². The van der Waals surface area contributed by atoms with E-state index in [1.807, 2.05) is 6.92 Å². The highest BCUT2D eigenvalue weighted by Crippen LogP contribution is 2.15. The van der Waals surface area contributed by atoms with Crippen LogP contribution in [0.4, 0.5) is 0 Å². The first kappa shape index (κ1) is 17.0. The van der Waals surface area contributed by atoms with Gasteiger partial charge in [-0.05, 0) is 38.1 Å². The van der Waals surface area contributed by atoms with Gasteiger partial charge in [-0.3, -0.25) is 9.59 Å². The van der Waals surface area contributed by atoms with Gasteiger partial charge in [-0.15, -0.1) is 0 Å². The molecule has 0 saturated carbocycles. The van der Waals surface area contributed by atoms with Crippen LogP contribution in [0.1, 0.15) is 46.5 Å². The van der Waals surface area contributed by atoms with Gasteiger partial charge < -0.3 is 15.5 Å². The predicted octanol–water partition coefficient (Wildman–Crippen LogP) is 1.14. The molecular formula is C15H29N3O2. The molecule has 0 spiro atoms. The summed E-state index contributed by atoms with van der Waals surface area (Å²) in [6, 6.07) is -0.481. The Morgan fingerprint density at radius 1 is 1.40 bits per heavy atom. The monoisotopic (exact) mass is 283 g/mol. The van der Waals surface area contributed by atoms with Crippen LogP contribution in [0.5, 0.6) is 0 Å². The highest BCUT2D eigenvalue weighted by Gasteiger charge is 2.32. The lowest BCUT2D eigenvalue weighted by Crippen LogP contribution is -2.52. The van der Waals surface area contributed by atoms with E-state index < -0.39 is 0 Å². The van der Waals surface area contributed by atoms with Gasteiger partial charge in [0.2, 0.25) is 11.8 Å². The molecule has 0 radical (unpaired) electrons. The van der Waals surface area contributed by atoms with Crippen molar-refractivity contribution in [1.82, 2.24) is 15.5 Å². The minimum Gasteiger partial charge on any atom is -0.354 e. The van der Waals surface area contributed by atoms with E-state index in [1.165, 1.54) is 0 Å². The minimum atomic E-state index is -0.364. The Hall–Kier alpha value is -1.10. The summed E-state index contributed by atoms with van der Waals surface area (Å²) in [4.78, 5) is 26.3. The van der Waals surface area contributed by atoms with Crippen molar-refractivity contribution in [2.75, 3.05) is 20.1 Å². The van der Waals surface area contributed by atoms with E-state index in [2.05, 4.69) is 24.5 Å². The highest BCUT2D eigenvalue weighted by atomic mass is 16.2. The standard InChI is InChI=1S/C15H29N3O2/c1-5-8-17-14(19)13(10-11(2)3)18(4)15(20)12-7-6-9-16-12/h11-13,16H,5-10H2,1-4H3,(H,17,19)/t12-,13+/m0/s1. The highest BCUT2D eigenvalue weighted by molar-refractivity contribution is 5.89. The van der Waals surface area contributed by atoms with E-state index >= 15 is 0 Å². The fourth-order valence-corrected chi connectivity index (χ4v) is 2.55. The molecule has 5 heteroatoms. The lowest BCUT2D eigenvalue weighted by molar-refractivity contribution is -0.140. The number of carbonyl (C=O) groups excluding carboxylic acids is 2. The van der Waals surface area contributed by atoms with Gasteiger partial charge in [-0.25, -0.2) is 0 Å². The number of rotatable bonds is 7. The molecule has 2 amide bonds. The molecule has 20 heavy (non-hydrogen) atoms. The zero-order valence-corrected chi connectivity index (χ0v) is 13.2. The molecule has 1 fully saturated rings. The molecule has 0 aromatic rings. The van der Waals surface area contributed by atoms with Crippen LogP contribution in [0, 0.1) is 5.92 Å². The smallest absolute Gasteiger partial charge is 0.242 e. The number of carbonyl (C=O) groups is 2. The third-order valence-electron chi connectivity index (χ3n) is 3.72. The molecule has 0 aliphatic carbocycles. The number of nitrogens with zero attached hydrogens (tertiary/aromatic N) is 1. The SMILES string of the molecule is CCCNC(=O)[C@@H](CC(C)C)N(C)C(=O)[C@@H]1CCCN1. The Bertz CT molecular complexity index is 325. The van der Waals surface area contributed by atoms with Crippen molar-refractivity contribution >= 4 is 11.8 Å². The second-order valence-electron chi connectivity index (χ2n) is 6.03. The first-order valence-corrected chi connectivity index (χ1v) is 7.75. The van der Waals surface area contributed by atoms with Crippen molar-refractivity contribution in [1.29, 1.82) is 0 Å². The van der Waals surface area contributed by atoms with Gasteiger partial charge in [0.05, 0.1) is 6.04 Å². The molecule has 2 N–H and O–H groups in total. The van der Waals surface area contributed by atoms with E-state index in [-0.39, 0.29) is 23.9 Å². The van der Waals surface area contributed by atoms with E-state index in [0.717, 1.165) is 25.8 Å². The number of nitrogens with one attached hydrogen (secondary N) is 2. The quantitative estimate of drug-likeness (QED) is 0.736. The van der Waals surface area contributed by atoms with Crippen LogP contribution < -0.4 is 10.6 Å². The first-order valence-electron chi connectivity index (χ1n) is 7.75. The maximum absolute atomic E-state index is 12.4. The minimum absolute atomic E-state index is 0.0330. The van der Waals surface area contributed by atoms with Gasteiger partial charge >= 0.3 is 0 Å². The fourth-order valence-electron chi connectivity index (χ4n) is 2.55. The summed E-state index contributed by atoms with van der Waals surface area (Å²) in [5.41, 5.74) is 0. The van der Waals surface area contributed by atoms with Crippen LogP contribution in [0.3, 0.4) is 0 Å². The number of likely N-dealkylation sites (N-methyl/N-ethyl adjacent to an activating group) is 1. The molecular weight excluding hydrogens is 254 g/mol. The Morgan fingerprint density at radius 3 is 2.60 bits per heavy atom. The molecule has 0 unspecified atom stereocenters. The molecule has 1 aliphatic heterocycles. The van der Waals surface area contributed by atoms with Gasteiger partial charge in [0, 0.05) is 13.6 Å². The van der Waals surface area contributed by atoms with Gasteiger partial charge in [-0.1, -0.05) is 20.8 Å². The summed E-state index contributed by atoms with van der Waals surface area (Å²) in [6.07, 6.45) is 3.50. The van der Waals surface area contributed by atoms with Crippen molar-refractivity contribution < 1.29 is 9.59 Å². The molecule has 5 nitrogen and oxygen atoms in total. The summed E-state index contributed by atoms with van der Waals surface area (Å²) in [7, 11) is 1.75. The average Bonchev–Trinajstić information content (AvgIpc) is 2.94. The van der Waals surface area contributed by atoms with Crippen molar-refractivity contribution in [2.24, 2.45) is 5.92 Å². The Kier molecular flexibility index (Phi) is 6.99. The summed E-state index contributed by atoms with van der Waals surface area (Å²) < 4.78 is 0. The molecule has 1 rings (SSSR count). The summed E-state index contributed by atoms with van der Waals surface area (Å²) in [6.45, 7) is 7.73. The third-order valence-corrected chi connectivity index (χ3v) is 3.72. The molecule has 0 aromatic heterocycles. The Labute approximate surface area is 122 Å². The van der Waals surface area contributed by atoms with Crippen LogP contribution in [0.15, 0.2) is 0 Å². The lowest BCUT2D eigenvalue weighted by Gasteiger charge is -2.30. The second kappa shape index (κ2) is 8.25. The summed E-state index contributed by atoms with van der Waals surface area (Å²) in [5, 5.41) is 6.12. The predicted molar refractivity (Wildman–Crippen MR) is 80.3 cm³/mol. The first-order chi connectivity index (χ1) is 9.47. The van der Waals surface area contributed by atoms with Crippen molar-refractivity contribution in [2.45, 2.75) is 58.5 Å². The molecule has 1 saturated heterocycles. The summed E-state index contributed by atoms with van der Waals surface area (Å²) in [5.74, 6) is 0.383. The second-order valence-corrected chi connectivity index (χ2v) is 6.03. The van der Waals surface area contributed by atoms with Gasteiger partial charge in [0.1, 0.15) is 6.04 Å². The molecule has 2 atom stereocenters. The molecule has 1 heterocycles.